The van der Waals surface area contributed by atoms with Crippen LogP contribution in [0.4, 0.5) is 0 Å². The largest absolute Gasteiger partial charge is 0.456 e. The Bertz CT molecular complexity index is 579. The molecule has 102 valence electrons. The van der Waals surface area contributed by atoms with Crippen LogP contribution in [0.15, 0.2) is 36.0 Å². The Morgan fingerprint density at radius 2 is 2.05 bits per heavy atom. The van der Waals surface area contributed by atoms with Gasteiger partial charge in [-0.1, -0.05) is 12.1 Å². The number of carbonyl (C=O) groups is 1. The van der Waals surface area contributed by atoms with E-state index in [1.165, 1.54) is 12.8 Å². The number of nitriles is 1. The van der Waals surface area contributed by atoms with Crippen LogP contribution in [0, 0.1) is 17.2 Å². The Balaban J connectivity index is 1.73. The number of cyclic esters (lactones) is 1. The maximum atomic E-state index is 11.2. The first-order chi connectivity index (χ1) is 9.74. The number of ether oxygens (including phenoxy) is 1. The van der Waals surface area contributed by atoms with Crippen molar-refractivity contribution in [2.75, 3.05) is 13.2 Å². The molecule has 0 aromatic heterocycles. The average molecular weight is 268 g/mol. The van der Waals surface area contributed by atoms with Crippen molar-refractivity contribution in [1.82, 2.24) is 4.90 Å². The lowest BCUT2D eigenvalue weighted by atomic mass is 10.1. The predicted molar refractivity (Wildman–Crippen MR) is 73.3 cm³/mol. The molecular weight excluding hydrogens is 252 g/mol. The summed E-state index contributed by atoms with van der Waals surface area (Å²) in [5, 5.41) is 8.82. The van der Waals surface area contributed by atoms with Crippen molar-refractivity contribution in [1.29, 1.82) is 5.26 Å². The smallest absolute Gasteiger partial charge is 0.333 e. The van der Waals surface area contributed by atoms with E-state index < -0.39 is 0 Å². The minimum Gasteiger partial charge on any atom is -0.456 e. The zero-order valence-electron chi connectivity index (χ0n) is 11.2. The molecule has 1 saturated carbocycles. The standard InChI is InChI=1S/C16H16N2O2/c17-8-12-1-3-13(4-2-12)9-18(10-14-5-6-14)15-7-16(19)20-11-15/h1-4,7,14H,5-6,9-11H2. The summed E-state index contributed by atoms with van der Waals surface area (Å²) in [5.41, 5.74) is 2.78. The molecule has 0 unspecified atom stereocenters. The third-order valence-electron chi connectivity index (χ3n) is 3.68. The third-order valence-corrected chi connectivity index (χ3v) is 3.68. The summed E-state index contributed by atoms with van der Waals surface area (Å²) in [7, 11) is 0. The van der Waals surface area contributed by atoms with E-state index in [1.54, 1.807) is 6.08 Å². The molecule has 0 amide bonds. The zero-order valence-corrected chi connectivity index (χ0v) is 11.2. The van der Waals surface area contributed by atoms with E-state index >= 15 is 0 Å². The fraction of sp³-hybridized carbons (Fsp3) is 0.375. The second kappa shape index (κ2) is 5.38. The van der Waals surface area contributed by atoms with Crippen LogP contribution in [0.5, 0.6) is 0 Å². The molecule has 1 heterocycles. The number of hydrogen-bond acceptors (Lipinski definition) is 4. The fourth-order valence-corrected chi connectivity index (χ4v) is 2.35. The molecule has 20 heavy (non-hydrogen) atoms. The number of benzene rings is 1. The Morgan fingerprint density at radius 3 is 2.60 bits per heavy atom. The highest BCUT2D eigenvalue weighted by Gasteiger charge is 2.27. The lowest BCUT2D eigenvalue weighted by molar-refractivity contribution is -0.135. The SMILES string of the molecule is N#Cc1ccc(CN(CC2CC2)C2=CC(=O)OC2)cc1. The molecule has 0 N–H and O–H groups in total. The van der Waals surface area contributed by atoms with Crippen LogP contribution in [0.3, 0.4) is 0 Å². The van der Waals surface area contributed by atoms with Gasteiger partial charge in [0, 0.05) is 19.2 Å². The van der Waals surface area contributed by atoms with Crippen molar-refractivity contribution >= 4 is 5.97 Å². The van der Waals surface area contributed by atoms with Gasteiger partial charge in [-0.3, -0.25) is 0 Å². The van der Waals surface area contributed by atoms with Gasteiger partial charge in [0.25, 0.3) is 0 Å². The van der Waals surface area contributed by atoms with E-state index in [1.807, 2.05) is 24.3 Å². The highest BCUT2D eigenvalue weighted by molar-refractivity contribution is 5.85. The summed E-state index contributed by atoms with van der Waals surface area (Å²) in [4.78, 5) is 13.5. The van der Waals surface area contributed by atoms with Gasteiger partial charge in [-0.15, -0.1) is 0 Å². The van der Waals surface area contributed by atoms with Crippen LogP contribution in [0.2, 0.25) is 0 Å². The summed E-state index contributed by atoms with van der Waals surface area (Å²) in [6.45, 7) is 2.11. The minimum atomic E-state index is -0.249. The summed E-state index contributed by atoms with van der Waals surface area (Å²) >= 11 is 0. The van der Waals surface area contributed by atoms with Crippen LogP contribution < -0.4 is 0 Å². The van der Waals surface area contributed by atoms with Gasteiger partial charge in [0.15, 0.2) is 0 Å². The quantitative estimate of drug-likeness (QED) is 0.768. The van der Waals surface area contributed by atoms with Gasteiger partial charge >= 0.3 is 5.97 Å². The van der Waals surface area contributed by atoms with E-state index in [4.69, 9.17) is 10.00 Å². The lowest BCUT2D eigenvalue weighted by Gasteiger charge is -2.25. The molecule has 1 aromatic carbocycles. The van der Waals surface area contributed by atoms with Crippen molar-refractivity contribution in [2.45, 2.75) is 19.4 Å². The van der Waals surface area contributed by atoms with E-state index in [0.29, 0.717) is 12.2 Å². The topological polar surface area (TPSA) is 53.3 Å². The predicted octanol–water partition coefficient (Wildman–Crippen LogP) is 2.21. The maximum absolute atomic E-state index is 11.2. The van der Waals surface area contributed by atoms with Gasteiger partial charge in [0.2, 0.25) is 0 Å². The van der Waals surface area contributed by atoms with E-state index in [-0.39, 0.29) is 5.97 Å². The van der Waals surface area contributed by atoms with Gasteiger partial charge in [0.1, 0.15) is 6.61 Å². The molecule has 1 aromatic rings. The zero-order chi connectivity index (χ0) is 13.9. The molecule has 0 spiro atoms. The number of rotatable bonds is 5. The van der Waals surface area contributed by atoms with Crippen molar-refractivity contribution in [2.24, 2.45) is 5.92 Å². The second-order valence-electron chi connectivity index (χ2n) is 5.38. The van der Waals surface area contributed by atoms with Crippen molar-refractivity contribution in [3.05, 3.63) is 47.2 Å². The van der Waals surface area contributed by atoms with Crippen molar-refractivity contribution in [3.8, 4) is 6.07 Å². The highest BCUT2D eigenvalue weighted by atomic mass is 16.5. The summed E-state index contributed by atoms with van der Waals surface area (Å²) in [5.74, 6) is 0.491. The van der Waals surface area contributed by atoms with Crippen LogP contribution in [-0.4, -0.2) is 24.0 Å². The van der Waals surface area contributed by atoms with Gasteiger partial charge in [-0.25, -0.2) is 4.79 Å². The normalized spacial score (nSPS) is 17.4. The van der Waals surface area contributed by atoms with Crippen LogP contribution in [0.25, 0.3) is 0 Å². The van der Waals surface area contributed by atoms with Crippen LogP contribution >= 0.6 is 0 Å². The molecule has 1 fully saturated rings. The molecule has 0 radical (unpaired) electrons. The number of carbonyl (C=O) groups excluding carboxylic acids is 1. The minimum absolute atomic E-state index is 0.249. The first-order valence-corrected chi connectivity index (χ1v) is 6.86. The second-order valence-corrected chi connectivity index (χ2v) is 5.38. The molecule has 0 atom stereocenters. The van der Waals surface area contributed by atoms with Gasteiger partial charge in [-0.2, -0.15) is 5.26 Å². The summed E-state index contributed by atoms with van der Waals surface area (Å²) in [6, 6.07) is 9.72. The van der Waals surface area contributed by atoms with E-state index in [0.717, 1.165) is 30.3 Å². The fourth-order valence-electron chi connectivity index (χ4n) is 2.35. The average Bonchev–Trinajstić information content (AvgIpc) is 3.18. The molecule has 0 bridgehead atoms. The monoisotopic (exact) mass is 268 g/mol. The Hall–Kier alpha value is -2.28. The molecule has 2 aliphatic rings. The van der Waals surface area contributed by atoms with Crippen molar-refractivity contribution < 1.29 is 9.53 Å². The molecule has 4 heteroatoms. The maximum Gasteiger partial charge on any atom is 0.333 e. The first-order valence-electron chi connectivity index (χ1n) is 6.86. The van der Waals surface area contributed by atoms with Crippen molar-refractivity contribution in [3.63, 3.8) is 0 Å². The molecular formula is C16H16N2O2. The molecule has 1 aliphatic heterocycles. The lowest BCUT2D eigenvalue weighted by Crippen LogP contribution is -2.25. The van der Waals surface area contributed by atoms with Crippen LogP contribution in [-0.2, 0) is 16.1 Å². The molecule has 3 rings (SSSR count). The Morgan fingerprint density at radius 1 is 1.30 bits per heavy atom. The molecule has 0 saturated heterocycles. The van der Waals surface area contributed by atoms with E-state index in [2.05, 4.69) is 11.0 Å². The number of hydrogen-bond donors (Lipinski definition) is 0. The third kappa shape index (κ3) is 3.00. The van der Waals surface area contributed by atoms with Gasteiger partial charge < -0.3 is 9.64 Å². The summed E-state index contributed by atoms with van der Waals surface area (Å²) in [6.07, 6.45) is 4.13. The van der Waals surface area contributed by atoms with Gasteiger partial charge in [-0.05, 0) is 36.5 Å². The number of esters is 1. The highest BCUT2D eigenvalue weighted by Crippen LogP contribution is 2.32. The summed E-state index contributed by atoms with van der Waals surface area (Å²) < 4.78 is 5.01. The number of nitrogens with zero attached hydrogens (tertiary/aromatic N) is 2. The van der Waals surface area contributed by atoms with Gasteiger partial charge in [0.05, 0.1) is 17.3 Å². The Labute approximate surface area is 118 Å². The molecule has 4 nitrogen and oxygen atoms in total. The van der Waals surface area contributed by atoms with E-state index in [9.17, 15) is 4.79 Å². The first kappa shape index (κ1) is 12.7. The Kier molecular flexibility index (Phi) is 3.42. The molecule has 1 aliphatic carbocycles. The van der Waals surface area contributed by atoms with Crippen LogP contribution in [0.1, 0.15) is 24.0 Å².